The Bertz CT molecular complexity index is 478. The van der Waals surface area contributed by atoms with E-state index in [1.54, 1.807) is 18.2 Å². The van der Waals surface area contributed by atoms with Crippen LogP contribution in [0.2, 0.25) is 5.02 Å². The van der Waals surface area contributed by atoms with Crippen LogP contribution >= 0.6 is 11.6 Å². The Kier molecular flexibility index (Phi) is 4.32. The topological polar surface area (TPSA) is 49.6 Å². The Hall–Kier alpha value is -1.26. The van der Waals surface area contributed by atoms with Gasteiger partial charge in [0.25, 0.3) is 5.91 Å². The highest BCUT2D eigenvalue weighted by atomic mass is 35.5. The third kappa shape index (κ3) is 3.19. The van der Waals surface area contributed by atoms with E-state index in [1.807, 2.05) is 4.90 Å². The van der Waals surface area contributed by atoms with Crippen molar-refractivity contribution in [2.75, 3.05) is 32.4 Å². The summed E-state index contributed by atoms with van der Waals surface area (Å²) < 4.78 is 0. The van der Waals surface area contributed by atoms with Gasteiger partial charge in [-0.05, 0) is 45.1 Å². The third-order valence-corrected chi connectivity index (χ3v) is 3.88. The Morgan fingerprint density at radius 3 is 2.84 bits per heavy atom. The lowest BCUT2D eigenvalue weighted by Crippen LogP contribution is -2.42. The number of amides is 1. The smallest absolute Gasteiger partial charge is 0.254 e. The maximum Gasteiger partial charge on any atom is 0.254 e. The Morgan fingerprint density at radius 1 is 1.42 bits per heavy atom. The highest BCUT2D eigenvalue weighted by Crippen LogP contribution is 2.21. The first-order valence-corrected chi connectivity index (χ1v) is 6.91. The van der Waals surface area contributed by atoms with Gasteiger partial charge in [-0.2, -0.15) is 0 Å². The van der Waals surface area contributed by atoms with Crippen LogP contribution < -0.4 is 5.73 Å². The van der Waals surface area contributed by atoms with Crippen LogP contribution in [0.25, 0.3) is 0 Å². The third-order valence-electron chi connectivity index (χ3n) is 3.56. The van der Waals surface area contributed by atoms with Crippen LogP contribution in [0.5, 0.6) is 0 Å². The number of hydrogen-bond acceptors (Lipinski definition) is 3. The lowest BCUT2D eigenvalue weighted by molar-refractivity contribution is 0.0696. The average molecular weight is 282 g/mol. The molecule has 2 rings (SSSR count). The molecule has 0 aliphatic carbocycles. The molecule has 0 radical (unpaired) electrons. The Morgan fingerprint density at radius 2 is 2.16 bits per heavy atom. The monoisotopic (exact) mass is 281 g/mol. The lowest BCUT2D eigenvalue weighted by Gasteiger charge is -2.28. The first kappa shape index (κ1) is 14.2. The highest BCUT2D eigenvalue weighted by molar-refractivity contribution is 6.33. The molecule has 1 aliphatic heterocycles. The van der Waals surface area contributed by atoms with Crippen molar-refractivity contribution in [3.63, 3.8) is 0 Å². The van der Waals surface area contributed by atoms with E-state index in [0.717, 1.165) is 26.1 Å². The highest BCUT2D eigenvalue weighted by Gasteiger charge is 2.25. The van der Waals surface area contributed by atoms with Crippen molar-refractivity contribution < 1.29 is 4.79 Å². The van der Waals surface area contributed by atoms with Gasteiger partial charge >= 0.3 is 0 Å². The molecule has 19 heavy (non-hydrogen) atoms. The zero-order valence-corrected chi connectivity index (χ0v) is 12.2. The Balaban J connectivity index is 2.20. The van der Waals surface area contributed by atoms with Gasteiger partial charge in [-0.3, -0.25) is 4.79 Å². The summed E-state index contributed by atoms with van der Waals surface area (Å²) in [6.45, 7) is 4.79. The number of rotatable bonds is 1. The van der Waals surface area contributed by atoms with Crippen LogP contribution in [0.15, 0.2) is 18.2 Å². The van der Waals surface area contributed by atoms with Crippen molar-refractivity contribution in [2.24, 2.45) is 0 Å². The molecule has 1 unspecified atom stereocenters. The second-order valence-electron chi connectivity index (χ2n) is 5.20. The molecule has 1 aromatic rings. The zero-order valence-electron chi connectivity index (χ0n) is 11.4. The quantitative estimate of drug-likeness (QED) is 0.802. The van der Waals surface area contributed by atoms with Gasteiger partial charge in [0.1, 0.15) is 0 Å². The zero-order chi connectivity index (χ0) is 14.0. The summed E-state index contributed by atoms with van der Waals surface area (Å²) in [5.41, 5.74) is 6.78. The van der Waals surface area contributed by atoms with E-state index in [9.17, 15) is 4.79 Å². The number of nitrogens with two attached hydrogens (primary N) is 1. The molecule has 1 aliphatic rings. The number of carbonyl (C=O) groups is 1. The Labute approximate surface area is 119 Å². The molecular weight excluding hydrogens is 262 g/mol. The van der Waals surface area contributed by atoms with Crippen molar-refractivity contribution in [1.82, 2.24) is 9.80 Å². The van der Waals surface area contributed by atoms with Crippen LogP contribution in [0, 0.1) is 0 Å². The summed E-state index contributed by atoms with van der Waals surface area (Å²) in [4.78, 5) is 16.7. The normalized spacial score (nSPS) is 21.2. The fraction of sp³-hybridized carbons (Fsp3) is 0.500. The molecular formula is C14H20ClN3O. The van der Waals surface area contributed by atoms with Gasteiger partial charge in [0.05, 0.1) is 10.7 Å². The largest absolute Gasteiger partial charge is 0.398 e. The number of anilines is 1. The van der Waals surface area contributed by atoms with Gasteiger partial charge in [-0.1, -0.05) is 11.6 Å². The van der Waals surface area contributed by atoms with E-state index in [2.05, 4.69) is 18.9 Å². The number of halogens is 1. The van der Waals surface area contributed by atoms with Gasteiger partial charge < -0.3 is 15.5 Å². The molecule has 0 aromatic heterocycles. The van der Waals surface area contributed by atoms with E-state index in [1.165, 1.54) is 0 Å². The molecule has 1 aromatic carbocycles. The van der Waals surface area contributed by atoms with Crippen molar-refractivity contribution in [3.05, 3.63) is 28.8 Å². The standard InChI is InChI=1S/C14H20ClN3O/c1-10-9-17(2)6-3-7-18(10)14(19)11-4-5-13(16)12(15)8-11/h4-5,8,10H,3,6-7,9,16H2,1-2H3. The van der Waals surface area contributed by atoms with Crippen molar-refractivity contribution in [2.45, 2.75) is 19.4 Å². The first-order valence-electron chi connectivity index (χ1n) is 6.53. The van der Waals surface area contributed by atoms with Gasteiger partial charge in [0, 0.05) is 24.7 Å². The number of carbonyl (C=O) groups excluding carboxylic acids is 1. The van der Waals surface area contributed by atoms with E-state index >= 15 is 0 Å². The van der Waals surface area contributed by atoms with Crippen LogP contribution in [0.4, 0.5) is 5.69 Å². The second-order valence-corrected chi connectivity index (χ2v) is 5.61. The van der Waals surface area contributed by atoms with Crippen LogP contribution in [0.3, 0.4) is 0 Å². The number of benzene rings is 1. The lowest BCUT2D eigenvalue weighted by atomic mass is 10.1. The molecule has 104 valence electrons. The average Bonchev–Trinajstić information content (AvgIpc) is 2.52. The molecule has 1 atom stereocenters. The van der Waals surface area contributed by atoms with Crippen molar-refractivity contribution >= 4 is 23.2 Å². The molecule has 1 heterocycles. The van der Waals surface area contributed by atoms with Crippen LogP contribution in [-0.4, -0.2) is 48.4 Å². The summed E-state index contributed by atoms with van der Waals surface area (Å²) in [5.74, 6) is 0.0321. The minimum Gasteiger partial charge on any atom is -0.398 e. The summed E-state index contributed by atoms with van der Waals surface area (Å²) >= 11 is 5.98. The van der Waals surface area contributed by atoms with Gasteiger partial charge in [0.15, 0.2) is 0 Å². The van der Waals surface area contributed by atoms with E-state index in [4.69, 9.17) is 17.3 Å². The summed E-state index contributed by atoms with van der Waals surface area (Å²) in [6.07, 6.45) is 0.995. The fourth-order valence-corrected chi connectivity index (χ4v) is 2.68. The second kappa shape index (κ2) is 5.80. The number of hydrogen-bond donors (Lipinski definition) is 1. The maximum absolute atomic E-state index is 12.5. The molecule has 1 saturated heterocycles. The van der Waals surface area contributed by atoms with E-state index < -0.39 is 0 Å². The number of nitrogens with zero attached hydrogens (tertiary/aromatic N) is 2. The predicted molar refractivity (Wildman–Crippen MR) is 78.5 cm³/mol. The van der Waals surface area contributed by atoms with Gasteiger partial charge in [0.2, 0.25) is 0 Å². The summed E-state index contributed by atoms with van der Waals surface area (Å²) in [5, 5.41) is 0.436. The number of likely N-dealkylation sites (N-methyl/N-ethyl adjacent to an activating group) is 1. The minimum absolute atomic E-state index is 0.0321. The molecule has 5 heteroatoms. The molecule has 4 nitrogen and oxygen atoms in total. The molecule has 1 fully saturated rings. The van der Waals surface area contributed by atoms with E-state index in [0.29, 0.717) is 16.3 Å². The number of nitrogen functional groups attached to an aromatic ring is 1. The van der Waals surface area contributed by atoms with E-state index in [-0.39, 0.29) is 11.9 Å². The van der Waals surface area contributed by atoms with Gasteiger partial charge in [-0.25, -0.2) is 0 Å². The van der Waals surface area contributed by atoms with Crippen LogP contribution in [-0.2, 0) is 0 Å². The summed E-state index contributed by atoms with van der Waals surface area (Å²) in [7, 11) is 2.09. The van der Waals surface area contributed by atoms with Gasteiger partial charge in [-0.15, -0.1) is 0 Å². The molecule has 0 saturated carbocycles. The molecule has 2 N–H and O–H groups in total. The predicted octanol–water partition coefficient (Wildman–Crippen LogP) is 2.09. The molecule has 0 spiro atoms. The molecule has 1 amide bonds. The fourth-order valence-electron chi connectivity index (χ4n) is 2.50. The molecule has 0 bridgehead atoms. The van der Waals surface area contributed by atoms with Crippen LogP contribution in [0.1, 0.15) is 23.7 Å². The minimum atomic E-state index is 0.0321. The van der Waals surface area contributed by atoms with Crippen molar-refractivity contribution in [3.8, 4) is 0 Å². The first-order chi connectivity index (χ1) is 8.99. The van der Waals surface area contributed by atoms with Crippen molar-refractivity contribution in [1.29, 1.82) is 0 Å². The summed E-state index contributed by atoms with van der Waals surface area (Å²) in [6, 6.07) is 5.28. The SMILES string of the molecule is CC1CN(C)CCCN1C(=O)c1ccc(N)c(Cl)c1. The maximum atomic E-state index is 12.5.